The molecule has 0 spiro atoms. The first-order chi connectivity index (χ1) is 9.77. The van der Waals surface area contributed by atoms with Crippen LogP contribution in [-0.4, -0.2) is 10.9 Å². The van der Waals surface area contributed by atoms with E-state index >= 15 is 0 Å². The largest absolute Gasteiger partial charge is 0.419 e. The maximum Gasteiger partial charge on any atom is 0.419 e. The van der Waals surface area contributed by atoms with Crippen LogP contribution in [0.4, 0.5) is 27.8 Å². The highest BCUT2D eigenvalue weighted by molar-refractivity contribution is 6.03. The number of halogens is 5. The van der Waals surface area contributed by atoms with Crippen LogP contribution < -0.4 is 5.32 Å². The van der Waals surface area contributed by atoms with Gasteiger partial charge in [0.1, 0.15) is 11.6 Å². The Morgan fingerprint density at radius 2 is 1.81 bits per heavy atom. The lowest BCUT2D eigenvalue weighted by Gasteiger charge is -2.10. The van der Waals surface area contributed by atoms with Crippen molar-refractivity contribution < 1.29 is 26.7 Å². The summed E-state index contributed by atoms with van der Waals surface area (Å²) in [5.41, 5.74) is -1.97. The van der Waals surface area contributed by atoms with Crippen molar-refractivity contribution in [1.29, 1.82) is 0 Å². The molecule has 0 fully saturated rings. The van der Waals surface area contributed by atoms with Crippen molar-refractivity contribution in [2.24, 2.45) is 0 Å². The highest BCUT2D eigenvalue weighted by Crippen LogP contribution is 2.32. The van der Waals surface area contributed by atoms with Gasteiger partial charge in [0.05, 0.1) is 5.56 Å². The number of aromatic nitrogens is 1. The first-order valence-electron chi connectivity index (χ1n) is 5.58. The molecule has 110 valence electrons. The summed E-state index contributed by atoms with van der Waals surface area (Å²) in [7, 11) is 0. The maximum absolute atomic E-state index is 13.1. The fourth-order valence-electron chi connectivity index (χ4n) is 1.55. The minimum atomic E-state index is -4.92. The van der Waals surface area contributed by atoms with Crippen LogP contribution in [0.25, 0.3) is 0 Å². The van der Waals surface area contributed by atoms with Crippen molar-refractivity contribution in [2.75, 3.05) is 5.32 Å². The number of alkyl halides is 3. The molecule has 0 aliphatic carbocycles. The fourth-order valence-corrected chi connectivity index (χ4v) is 1.55. The smallest absolute Gasteiger partial charge is 0.306 e. The Hall–Kier alpha value is -2.51. The van der Waals surface area contributed by atoms with Gasteiger partial charge in [-0.3, -0.25) is 4.79 Å². The quantitative estimate of drug-likeness (QED) is 0.680. The average Bonchev–Trinajstić information content (AvgIpc) is 2.37. The summed E-state index contributed by atoms with van der Waals surface area (Å²) in [5.74, 6) is -3.47. The van der Waals surface area contributed by atoms with Gasteiger partial charge in [-0.2, -0.15) is 17.6 Å². The third-order valence-corrected chi connectivity index (χ3v) is 2.49. The van der Waals surface area contributed by atoms with Gasteiger partial charge in [-0.25, -0.2) is 9.37 Å². The molecule has 0 saturated heterocycles. The van der Waals surface area contributed by atoms with Gasteiger partial charge in [0.2, 0.25) is 5.95 Å². The minimum absolute atomic E-state index is 0.169. The lowest BCUT2D eigenvalue weighted by molar-refractivity contribution is -0.140. The Morgan fingerprint density at radius 3 is 2.43 bits per heavy atom. The predicted octanol–water partition coefficient (Wildman–Crippen LogP) is 3.63. The lowest BCUT2D eigenvalue weighted by Crippen LogP contribution is -2.16. The van der Waals surface area contributed by atoms with E-state index in [9.17, 15) is 26.7 Å². The van der Waals surface area contributed by atoms with E-state index in [1.807, 2.05) is 0 Å². The summed E-state index contributed by atoms with van der Waals surface area (Å²) in [6, 6.07) is 5.37. The number of hydrogen-bond donors (Lipinski definition) is 1. The molecule has 0 atom stereocenters. The number of amides is 1. The highest BCUT2D eigenvalue weighted by Gasteiger charge is 2.34. The summed E-state index contributed by atoms with van der Waals surface area (Å²) in [5, 5.41) is 2.12. The zero-order valence-corrected chi connectivity index (χ0v) is 10.2. The molecule has 0 saturated carbocycles. The van der Waals surface area contributed by atoms with E-state index in [0.29, 0.717) is 12.1 Å². The normalized spacial score (nSPS) is 11.3. The van der Waals surface area contributed by atoms with Crippen LogP contribution in [0.1, 0.15) is 15.9 Å². The third-order valence-electron chi connectivity index (χ3n) is 2.49. The van der Waals surface area contributed by atoms with Gasteiger partial charge in [-0.15, -0.1) is 0 Å². The van der Waals surface area contributed by atoms with Crippen LogP contribution in [-0.2, 0) is 6.18 Å². The number of carbonyl (C=O) groups is 1. The van der Waals surface area contributed by atoms with Gasteiger partial charge in [-0.05, 0) is 30.3 Å². The minimum Gasteiger partial charge on any atom is -0.306 e. The summed E-state index contributed by atoms with van der Waals surface area (Å²) in [6.07, 6.45) is -4.92. The molecular weight excluding hydrogens is 295 g/mol. The first kappa shape index (κ1) is 14.9. The molecule has 2 aromatic rings. The molecule has 2 rings (SSSR count). The van der Waals surface area contributed by atoms with E-state index in [0.717, 1.165) is 12.1 Å². The number of nitrogens with one attached hydrogen (secondary N) is 1. The van der Waals surface area contributed by atoms with Crippen molar-refractivity contribution in [3.63, 3.8) is 0 Å². The standard InChI is InChI=1S/C13H7F5N2O/c14-9-5-4-7(6-8(9)13(16,17)18)12(21)20-11-3-1-2-10(15)19-11/h1-6H,(H,19,20,21). The predicted molar refractivity (Wildman–Crippen MR) is 63.6 cm³/mol. The SMILES string of the molecule is O=C(Nc1cccc(F)n1)c1ccc(F)c(C(F)(F)F)c1. The summed E-state index contributed by atoms with van der Waals surface area (Å²) in [4.78, 5) is 15.1. The molecule has 3 nitrogen and oxygen atoms in total. The van der Waals surface area contributed by atoms with Crippen LogP contribution in [0.3, 0.4) is 0 Å². The van der Waals surface area contributed by atoms with Gasteiger partial charge in [0.25, 0.3) is 5.91 Å². The zero-order valence-electron chi connectivity index (χ0n) is 10.2. The van der Waals surface area contributed by atoms with Crippen molar-refractivity contribution in [3.8, 4) is 0 Å². The Bertz CT molecular complexity index is 685. The molecule has 0 unspecified atom stereocenters. The van der Waals surface area contributed by atoms with Gasteiger partial charge in [-0.1, -0.05) is 6.07 Å². The van der Waals surface area contributed by atoms with Crippen molar-refractivity contribution in [3.05, 3.63) is 59.3 Å². The maximum atomic E-state index is 13.1. The fraction of sp³-hybridized carbons (Fsp3) is 0.0769. The van der Waals surface area contributed by atoms with E-state index in [1.54, 1.807) is 0 Å². The molecule has 0 bridgehead atoms. The number of rotatable bonds is 2. The Morgan fingerprint density at radius 1 is 1.10 bits per heavy atom. The van der Waals surface area contributed by atoms with Crippen molar-refractivity contribution in [2.45, 2.75) is 6.18 Å². The molecule has 0 aliphatic heterocycles. The lowest BCUT2D eigenvalue weighted by atomic mass is 10.1. The van der Waals surface area contributed by atoms with Crippen molar-refractivity contribution >= 4 is 11.7 Å². The van der Waals surface area contributed by atoms with E-state index in [4.69, 9.17) is 0 Å². The topological polar surface area (TPSA) is 42.0 Å². The number of anilines is 1. The highest BCUT2D eigenvalue weighted by atomic mass is 19.4. The molecular formula is C13H7F5N2O. The molecule has 1 heterocycles. The van der Waals surface area contributed by atoms with Gasteiger partial charge >= 0.3 is 6.18 Å². The molecule has 1 aromatic heterocycles. The average molecular weight is 302 g/mol. The van der Waals surface area contributed by atoms with Gasteiger partial charge in [0, 0.05) is 5.56 Å². The zero-order chi connectivity index (χ0) is 15.6. The summed E-state index contributed by atoms with van der Waals surface area (Å²) >= 11 is 0. The molecule has 1 N–H and O–H groups in total. The van der Waals surface area contributed by atoms with E-state index < -0.39 is 35.0 Å². The number of pyridine rings is 1. The van der Waals surface area contributed by atoms with E-state index in [1.165, 1.54) is 12.1 Å². The van der Waals surface area contributed by atoms with Crippen LogP contribution in [0.15, 0.2) is 36.4 Å². The third kappa shape index (κ3) is 3.53. The number of benzene rings is 1. The molecule has 21 heavy (non-hydrogen) atoms. The Balaban J connectivity index is 2.28. The molecule has 0 aliphatic rings. The van der Waals surface area contributed by atoms with E-state index in [2.05, 4.69) is 10.3 Å². The van der Waals surface area contributed by atoms with Crippen LogP contribution in [0.2, 0.25) is 0 Å². The molecule has 8 heteroatoms. The van der Waals surface area contributed by atoms with Gasteiger partial charge in [0.15, 0.2) is 0 Å². The number of hydrogen-bond acceptors (Lipinski definition) is 2. The first-order valence-corrected chi connectivity index (χ1v) is 5.58. The number of nitrogens with zero attached hydrogens (tertiary/aromatic N) is 1. The Kier molecular flexibility index (Phi) is 3.88. The molecule has 1 amide bonds. The summed E-state index contributed by atoms with van der Waals surface area (Å²) < 4.78 is 63.5. The molecule has 1 aromatic carbocycles. The molecule has 0 radical (unpaired) electrons. The van der Waals surface area contributed by atoms with Crippen LogP contribution >= 0.6 is 0 Å². The van der Waals surface area contributed by atoms with Crippen LogP contribution in [0.5, 0.6) is 0 Å². The second kappa shape index (κ2) is 5.47. The number of carbonyl (C=O) groups excluding carboxylic acids is 1. The monoisotopic (exact) mass is 302 g/mol. The van der Waals surface area contributed by atoms with Crippen LogP contribution in [0, 0.1) is 11.8 Å². The summed E-state index contributed by atoms with van der Waals surface area (Å²) in [6.45, 7) is 0. The second-order valence-corrected chi connectivity index (χ2v) is 3.99. The second-order valence-electron chi connectivity index (χ2n) is 3.99. The Labute approximate surface area is 115 Å². The van der Waals surface area contributed by atoms with E-state index in [-0.39, 0.29) is 5.82 Å². The van der Waals surface area contributed by atoms with Gasteiger partial charge < -0.3 is 5.32 Å². The van der Waals surface area contributed by atoms with Crippen molar-refractivity contribution in [1.82, 2.24) is 4.98 Å².